The predicted octanol–water partition coefficient (Wildman–Crippen LogP) is 1.83. The molecule has 2 aromatic rings. The monoisotopic (exact) mass is 360 g/mol. The molecule has 2 aliphatic rings. The number of aromatic nitrogens is 3. The zero-order valence-electron chi connectivity index (χ0n) is 14.0. The van der Waals surface area contributed by atoms with Crippen molar-refractivity contribution in [2.24, 2.45) is 0 Å². The average Bonchev–Trinajstić information content (AvgIpc) is 3.17. The number of aryl methyl sites for hydroxylation is 1. The molecule has 1 saturated heterocycles. The second-order valence-electron chi connectivity index (χ2n) is 6.37. The molecule has 1 saturated carbocycles. The first-order valence-corrected chi connectivity index (χ1v) is 9.23. The molecule has 2 fully saturated rings. The molecule has 1 aliphatic carbocycles. The number of fused-ring (bicyclic) bond motifs is 2. The molecule has 8 heteroatoms. The Bertz CT molecular complexity index is 739. The molecule has 4 rings (SSSR count). The van der Waals surface area contributed by atoms with Crippen LogP contribution in [0.3, 0.4) is 0 Å². The van der Waals surface area contributed by atoms with Crippen molar-refractivity contribution in [3.8, 4) is 0 Å². The first-order valence-electron chi connectivity index (χ1n) is 8.46. The van der Waals surface area contributed by atoms with E-state index in [2.05, 4.69) is 14.6 Å². The van der Waals surface area contributed by atoms with E-state index >= 15 is 0 Å². The van der Waals surface area contributed by atoms with Crippen LogP contribution in [0.1, 0.15) is 33.8 Å². The van der Waals surface area contributed by atoms with Gasteiger partial charge in [-0.05, 0) is 42.9 Å². The molecule has 2 bridgehead atoms. The van der Waals surface area contributed by atoms with Gasteiger partial charge in [-0.15, -0.1) is 5.10 Å². The molecular weight excluding hydrogens is 340 g/mol. The minimum absolute atomic E-state index is 0.0118. The number of carbonyl (C=O) groups excluding carboxylic acids is 1. The molecule has 0 radical (unpaired) electrons. The van der Waals surface area contributed by atoms with Crippen LogP contribution in [-0.4, -0.2) is 56.8 Å². The van der Waals surface area contributed by atoms with E-state index < -0.39 is 0 Å². The Hall–Kier alpha value is -1.90. The van der Waals surface area contributed by atoms with E-state index in [1.165, 1.54) is 11.5 Å². The van der Waals surface area contributed by atoms with Gasteiger partial charge in [0.1, 0.15) is 6.10 Å². The number of amides is 1. The Kier molecular flexibility index (Phi) is 4.74. The second kappa shape index (κ2) is 7.15. The molecular formula is C17H20N4O3S. The van der Waals surface area contributed by atoms with Crippen molar-refractivity contribution in [3.05, 3.63) is 40.7 Å². The topological polar surface area (TPSA) is 77.4 Å². The highest BCUT2D eigenvalue weighted by atomic mass is 32.1. The molecule has 25 heavy (non-hydrogen) atoms. The fourth-order valence-electron chi connectivity index (χ4n) is 3.60. The van der Waals surface area contributed by atoms with Gasteiger partial charge in [0.25, 0.3) is 5.91 Å². The van der Waals surface area contributed by atoms with Crippen LogP contribution in [0.15, 0.2) is 24.5 Å². The molecule has 3 atom stereocenters. The van der Waals surface area contributed by atoms with Crippen molar-refractivity contribution in [1.29, 1.82) is 0 Å². The third-order valence-electron chi connectivity index (χ3n) is 4.84. The predicted molar refractivity (Wildman–Crippen MR) is 91.3 cm³/mol. The maximum absolute atomic E-state index is 13.0. The Morgan fingerprint density at radius 3 is 3.16 bits per heavy atom. The number of ether oxygens (including phenoxy) is 2. The lowest BCUT2D eigenvalue weighted by atomic mass is 10.1. The average molecular weight is 360 g/mol. The number of carbonyl (C=O) groups is 1. The van der Waals surface area contributed by atoms with Gasteiger partial charge in [-0.1, -0.05) is 10.6 Å². The molecule has 0 N–H and O–H groups in total. The summed E-state index contributed by atoms with van der Waals surface area (Å²) in [5.41, 5.74) is 1.46. The van der Waals surface area contributed by atoms with Gasteiger partial charge in [0.05, 0.1) is 30.2 Å². The molecule has 2 aromatic heterocycles. The highest BCUT2D eigenvalue weighted by Crippen LogP contribution is 2.33. The van der Waals surface area contributed by atoms with Crippen LogP contribution in [-0.2, 0) is 16.1 Å². The molecule has 0 spiro atoms. The van der Waals surface area contributed by atoms with Gasteiger partial charge in [-0.25, -0.2) is 0 Å². The zero-order chi connectivity index (χ0) is 17.2. The molecule has 3 unspecified atom stereocenters. The van der Waals surface area contributed by atoms with Gasteiger partial charge in [-0.2, -0.15) is 0 Å². The molecule has 132 valence electrons. The fourth-order valence-corrected chi connectivity index (χ4v) is 4.06. The van der Waals surface area contributed by atoms with E-state index in [1.54, 1.807) is 12.4 Å². The molecule has 0 aromatic carbocycles. The van der Waals surface area contributed by atoms with Gasteiger partial charge in [-0.3, -0.25) is 9.78 Å². The van der Waals surface area contributed by atoms with E-state index in [1.807, 2.05) is 24.0 Å². The summed E-state index contributed by atoms with van der Waals surface area (Å²) in [6, 6.07) is 3.89. The Morgan fingerprint density at radius 2 is 2.40 bits per heavy atom. The van der Waals surface area contributed by atoms with E-state index in [-0.39, 0.29) is 24.2 Å². The van der Waals surface area contributed by atoms with Crippen LogP contribution in [0.5, 0.6) is 0 Å². The van der Waals surface area contributed by atoms with Crippen LogP contribution >= 0.6 is 11.5 Å². The minimum Gasteiger partial charge on any atom is -0.374 e. The SMILES string of the molecule is Cc1snnc1C(=O)N1CCOC2CCC1C2OCc1cccnc1. The van der Waals surface area contributed by atoms with Gasteiger partial charge in [0, 0.05) is 18.9 Å². The quantitative estimate of drug-likeness (QED) is 0.828. The smallest absolute Gasteiger partial charge is 0.276 e. The summed E-state index contributed by atoms with van der Waals surface area (Å²) < 4.78 is 16.0. The first kappa shape index (κ1) is 16.6. The highest BCUT2D eigenvalue weighted by molar-refractivity contribution is 7.05. The third kappa shape index (κ3) is 3.29. The third-order valence-corrected chi connectivity index (χ3v) is 5.47. The van der Waals surface area contributed by atoms with Crippen LogP contribution in [0.2, 0.25) is 0 Å². The Morgan fingerprint density at radius 1 is 1.48 bits per heavy atom. The van der Waals surface area contributed by atoms with Gasteiger partial charge < -0.3 is 14.4 Å². The fraction of sp³-hybridized carbons (Fsp3) is 0.529. The maximum Gasteiger partial charge on any atom is 0.276 e. The summed E-state index contributed by atoms with van der Waals surface area (Å²) in [6.07, 6.45) is 5.23. The van der Waals surface area contributed by atoms with Crippen molar-refractivity contribution < 1.29 is 14.3 Å². The molecule has 7 nitrogen and oxygen atoms in total. The van der Waals surface area contributed by atoms with Crippen LogP contribution in [0, 0.1) is 6.92 Å². The zero-order valence-corrected chi connectivity index (χ0v) is 14.8. The summed E-state index contributed by atoms with van der Waals surface area (Å²) in [4.78, 5) is 19.8. The number of nitrogens with zero attached hydrogens (tertiary/aromatic N) is 4. The van der Waals surface area contributed by atoms with Crippen molar-refractivity contribution in [1.82, 2.24) is 19.5 Å². The lowest BCUT2D eigenvalue weighted by molar-refractivity contribution is -0.0598. The standard InChI is InChI=1S/C17H20N4O3S/c1-11-15(19-20-25-11)17(22)21-7-8-23-14-5-4-13(21)16(14)24-10-12-3-2-6-18-9-12/h2-3,6,9,13-14,16H,4-5,7-8,10H2,1H3. The van der Waals surface area contributed by atoms with E-state index in [9.17, 15) is 4.79 Å². The Labute approximate surface area is 150 Å². The molecule has 3 heterocycles. The highest BCUT2D eigenvalue weighted by Gasteiger charge is 2.45. The number of pyridine rings is 1. The van der Waals surface area contributed by atoms with E-state index in [0.717, 1.165) is 23.3 Å². The summed E-state index contributed by atoms with van der Waals surface area (Å²) in [7, 11) is 0. The van der Waals surface area contributed by atoms with Crippen LogP contribution in [0.25, 0.3) is 0 Å². The lowest BCUT2D eigenvalue weighted by Gasteiger charge is -2.30. The summed E-state index contributed by atoms with van der Waals surface area (Å²) >= 11 is 1.25. The number of hydrogen-bond donors (Lipinski definition) is 0. The van der Waals surface area contributed by atoms with Crippen molar-refractivity contribution in [2.75, 3.05) is 13.2 Å². The molecule has 1 aliphatic heterocycles. The summed E-state index contributed by atoms with van der Waals surface area (Å²) in [5, 5.41) is 4.01. The van der Waals surface area contributed by atoms with E-state index in [0.29, 0.717) is 25.5 Å². The summed E-state index contributed by atoms with van der Waals surface area (Å²) in [6.45, 7) is 3.42. The maximum atomic E-state index is 13.0. The largest absolute Gasteiger partial charge is 0.374 e. The van der Waals surface area contributed by atoms with Crippen LogP contribution < -0.4 is 0 Å². The van der Waals surface area contributed by atoms with Crippen molar-refractivity contribution >= 4 is 17.4 Å². The van der Waals surface area contributed by atoms with Crippen molar-refractivity contribution in [2.45, 2.75) is 44.6 Å². The van der Waals surface area contributed by atoms with Gasteiger partial charge in [0.15, 0.2) is 5.69 Å². The van der Waals surface area contributed by atoms with E-state index in [4.69, 9.17) is 9.47 Å². The van der Waals surface area contributed by atoms with Gasteiger partial charge >= 0.3 is 0 Å². The second-order valence-corrected chi connectivity index (χ2v) is 7.33. The number of rotatable bonds is 4. The lowest BCUT2D eigenvalue weighted by Crippen LogP contribution is -2.46. The number of hydrogen-bond acceptors (Lipinski definition) is 7. The minimum atomic E-state index is -0.126. The molecule has 1 amide bonds. The first-order chi connectivity index (χ1) is 12.2. The normalized spacial score (nSPS) is 25.8. The van der Waals surface area contributed by atoms with Crippen LogP contribution in [0.4, 0.5) is 0 Å². The van der Waals surface area contributed by atoms with Crippen molar-refractivity contribution in [3.63, 3.8) is 0 Å². The van der Waals surface area contributed by atoms with Gasteiger partial charge in [0.2, 0.25) is 0 Å². The Balaban J connectivity index is 1.52. The summed E-state index contributed by atoms with van der Waals surface area (Å²) in [5.74, 6) is -0.0719.